The van der Waals surface area contributed by atoms with Crippen molar-refractivity contribution in [2.45, 2.75) is 31.7 Å². The minimum absolute atomic E-state index is 0.0749. The van der Waals surface area contributed by atoms with E-state index in [-0.39, 0.29) is 11.8 Å². The Morgan fingerprint density at radius 1 is 1.20 bits per heavy atom. The molecule has 0 radical (unpaired) electrons. The number of anilines is 1. The smallest absolute Gasteiger partial charge is 0.254 e. The average Bonchev–Trinajstić information content (AvgIpc) is 3.38. The maximum Gasteiger partial charge on any atom is 0.254 e. The number of hydrogen-bond acceptors (Lipinski definition) is 4. The van der Waals surface area contributed by atoms with Crippen molar-refractivity contribution in [2.75, 3.05) is 11.9 Å². The highest BCUT2D eigenvalue weighted by atomic mass is 16.2. The Bertz CT molecular complexity index is 1160. The molecule has 3 aromatic rings. The monoisotopic (exact) mass is 401 g/mol. The van der Waals surface area contributed by atoms with E-state index in [0.29, 0.717) is 24.4 Å². The summed E-state index contributed by atoms with van der Waals surface area (Å²) in [6, 6.07) is 10.9. The minimum atomic E-state index is -0.859. The molecule has 0 bridgehead atoms. The Balaban J connectivity index is 1.68. The molecule has 7 nitrogen and oxygen atoms in total. The Labute approximate surface area is 174 Å². The zero-order chi connectivity index (χ0) is 21.0. The third-order valence-electron chi connectivity index (χ3n) is 6.28. The molecule has 0 saturated carbocycles. The van der Waals surface area contributed by atoms with Gasteiger partial charge in [0.1, 0.15) is 17.3 Å². The molecule has 30 heavy (non-hydrogen) atoms. The van der Waals surface area contributed by atoms with Crippen LogP contribution in [0.3, 0.4) is 0 Å². The van der Waals surface area contributed by atoms with E-state index >= 15 is 0 Å². The largest absolute Gasteiger partial charge is 0.336 e. The molecule has 2 amide bonds. The van der Waals surface area contributed by atoms with Crippen molar-refractivity contribution in [1.82, 2.24) is 19.4 Å². The van der Waals surface area contributed by atoms with Crippen molar-refractivity contribution in [3.8, 4) is 0 Å². The fourth-order valence-electron chi connectivity index (χ4n) is 5.03. The number of aryl methyl sites for hydroxylation is 3. The Hall–Kier alpha value is -3.48. The van der Waals surface area contributed by atoms with E-state index in [1.54, 1.807) is 23.2 Å². The molecule has 1 N–H and O–H groups in total. The minimum Gasteiger partial charge on any atom is -0.336 e. The fourth-order valence-corrected chi connectivity index (χ4v) is 5.03. The summed E-state index contributed by atoms with van der Waals surface area (Å²) in [5.41, 5.74) is 3.06. The van der Waals surface area contributed by atoms with Crippen molar-refractivity contribution < 1.29 is 9.59 Å². The van der Waals surface area contributed by atoms with Crippen LogP contribution in [0.15, 0.2) is 48.8 Å². The van der Waals surface area contributed by atoms with Gasteiger partial charge in [0.2, 0.25) is 5.91 Å². The lowest BCUT2D eigenvalue weighted by atomic mass is 9.74. The van der Waals surface area contributed by atoms with Crippen LogP contribution in [0, 0.1) is 13.8 Å². The van der Waals surface area contributed by atoms with Crippen LogP contribution in [0.4, 0.5) is 5.69 Å². The number of fused-ring (bicyclic) bond motifs is 2. The van der Waals surface area contributed by atoms with Gasteiger partial charge in [0.05, 0.1) is 0 Å². The number of aromatic nitrogens is 3. The molecule has 4 heterocycles. The van der Waals surface area contributed by atoms with Gasteiger partial charge in [-0.25, -0.2) is 4.98 Å². The quantitative estimate of drug-likeness (QED) is 0.716. The Morgan fingerprint density at radius 2 is 1.93 bits per heavy atom. The normalized spacial score (nSPS) is 22.4. The van der Waals surface area contributed by atoms with E-state index in [1.165, 1.54) is 0 Å². The van der Waals surface area contributed by atoms with E-state index in [9.17, 15) is 9.59 Å². The molecule has 2 aliphatic rings. The molecule has 5 rings (SSSR count). The lowest BCUT2D eigenvalue weighted by Crippen LogP contribution is -2.43. The average molecular weight is 401 g/mol. The van der Waals surface area contributed by atoms with Crippen LogP contribution in [0.25, 0.3) is 0 Å². The molecule has 2 atom stereocenters. The standard InChI is InChI=1S/C23H23N5O2/c1-14-12-16(13-15(2)25-14)21(29)28-10-8-23(19(28)20-24-9-11-27(20)3)17-6-4-5-7-18(17)26-22(23)30/h4-7,9,11-13,19H,8,10H2,1-3H3,(H,26,30)/t19-,23+/m0/s1. The van der Waals surface area contributed by atoms with Gasteiger partial charge in [0.25, 0.3) is 5.91 Å². The van der Waals surface area contributed by atoms with Gasteiger partial charge >= 0.3 is 0 Å². The topological polar surface area (TPSA) is 80.1 Å². The summed E-state index contributed by atoms with van der Waals surface area (Å²) >= 11 is 0. The number of carbonyl (C=O) groups is 2. The van der Waals surface area contributed by atoms with E-state index in [2.05, 4.69) is 15.3 Å². The van der Waals surface area contributed by atoms with Gasteiger partial charge in [0.15, 0.2) is 0 Å². The molecule has 1 saturated heterocycles. The van der Waals surface area contributed by atoms with Gasteiger partial charge in [-0.3, -0.25) is 14.6 Å². The summed E-state index contributed by atoms with van der Waals surface area (Å²) in [6.45, 7) is 4.23. The SMILES string of the molecule is Cc1cc(C(=O)N2CC[C@]3(C(=O)Nc4ccccc43)[C@@H]2c2nccn2C)cc(C)n1. The van der Waals surface area contributed by atoms with Crippen molar-refractivity contribution in [3.05, 3.63) is 77.1 Å². The second-order valence-corrected chi connectivity index (χ2v) is 8.16. The lowest BCUT2D eigenvalue weighted by molar-refractivity contribution is -0.121. The predicted molar refractivity (Wildman–Crippen MR) is 112 cm³/mol. The van der Waals surface area contributed by atoms with Crippen LogP contribution in [-0.2, 0) is 17.3 Å². The van der Waals surface area contributed by atoms with Crippen LogP contribution in [0.2, 0.25) is 0 Å². The number of benzene rings is 1. The number of para-hydroxylation sites is 1. The van der Waals surface area contributed by atoms with E-state index in [4.69, 9.17) is 0 Å². The van der Waals surface area contributed by atoms with Crippen molar-refractivity contribution in [1.29, 1.82) is 0 Å². The van der Waals surface area contributed by atoms with Gasteiger partial charge in [-0.1, -0.05) is 18.2 Å². The van der Waals surface area contributed by atoms with Crippen LogP contribution in [0.1, 0.15) is 45.6 Å². The highest BCUT2D eigenvalue weighted by molar-refractivity contribution is 6.08. The van der Waals surface area contributed by atoms with Crippen LogP contribution >= 0.6 is 0 Å². The number of hydrogen-bond donors (Lipinski definition) is 1. The highest BCUT2D eigenvalue weighted by Crippen LogP contribution is 2.54. The van der Waals surface area contributed by atoms with E-state index < -0.39 is 11.5 Å². The maximum absolute atomic E-state index is 13.7. The van der Waals surface area contributed by atoms with Crippen LogP contribution < -0.4 is 5.32 Å². The Kier molecular flexibility index (Phi) is 4.03. The number of imidazole rings is 1. The first-order chi connectivity index (χ1) is 14.4. The highest BCUT2D eigenvalue weighted by Gasteiger charge is 2.60. The zero-order valence-corrected chi connectivity index (χ0v) is 17.2. The third kappa shape index (κ3) is 2.51. The first-order valence-corrected chi connectivity index (χ1v) is 10.1. The van der Waals surface area contributed by atoms with Gasteiger partial charge in [-0.15, -0.1) is 0 Å². The second kappa shape index (κ2) is 6.52. The number of amides is 2. The summed E-state index contributed by atoms with van der Waals surface area (Å²) in [5, 5.41) is 3.04. The van der Waals surface area contributed by atoms with Crippen molar-refractivity contribution >= 4 is 17.5 Å². The molecular weight excluding hydrogens is 378 g/mol. The molecule has 0 unspecified atom stereocenters. The fraction of sp³-hybridized carbons (Fsp3) is 0.304. The molecular formula is C23H23N5O2. The number of nitrogens with zero attached hydrogens (tertiary/aromatic N) is 4. The first kappa shape index (κ1) is 18.5. The predicted octanol–water partition coefficient (Wildman–Crippen LogP) is 2.91. The molecule has 0 aliphatic carbocycles. The van der Waals surface area contributed by atoms with Crippen LogP contribution in [0.5, 0.6) is 0 Å². The number of rotatable bonds is 2. The Morgan fingerprint density at radius 3 is 2.63 bits per heavy atom. The van der Waals surface area contributed by atoms with Gasteiger partial charge in [-0.05, 0) is 44.0 Å². The molecule has 1 spiro atoms. The summed E-state index contributed by atoms with van der Waals surface area (Å²) < 4.78 is 1.90. The second-order valence-electron chi connectivity index (χ2n) is 8.16. The van der Waals surface area contributed by atoms with E-state index in [0.717, 1.165) is 22.6 Å². The molecule has 152 valence electrons. The van der Waals surface area contributed by atoms with Crippen molar-refractivity contribution in [3.63, 3.8) is 0 Å². The third-order valence-corrected chi connectivity index (χ3v) is 6.28. The van der Waals surface area contributed by atoms with Gasteiger partial charge < -0.3 is 14.8 Å². The van der Waals surface area contributed by atoms with E-state index in [1.807, 2.05) is 55.9 Å². The molecule has 7 heteroatoms. The lowest BCUT2D eigenvalue weighted by Gasteiger charge is -2.33. The van der Waals surface area contributed by atoms with Crippen LogP contribution in [-0.4, -0.2) is 37.8 Å². The van der Waals surface area contributed by atoms with Gasteiger partial charge in [-0.2, -0.15) is 0 Å². The molecule has 1 fully saturated rings. The number of nitrogens with one attached hydrogen (secondary N) is 1. The van der Waals surface area contributed by atoms with Crippen molar-refractivity contribution in [2.24, 2.45) is 7.05 Å². The molecule has 2 aromatic heterocycles. The summed E-state index contributed by atoms with van der Waals surface area (Å²) in [6.07, 6.45) is 4.11. The molecule has 2 aliphatic heterocycles. The zero-order valence-electron chi connectivity index (χ0n) is 17.2. The summed E-state index contributed by atoms with van der Waals surface area (Å²) in [7, 11) is 1.90. The number of pyridine rings is 1. The summed E-state index contributed by atoms with van der Waals surface area (Å²) in [5.74, 6) is 0.523. The number of carbonyl (C=O) groups excluding carboxylic acids is 2. The number of likely N-dealkylation sites (tertiary alicyclic amines) is 1. The summed E-state index contributed by atoms with van der Waals surface area (Å²) in [4.78, 5) is 37.8. The first-order valence-electron chi connectivity index (χ1n) is 10.1. The van der Waals surface area contributed by atoms with Gasteiger partial charge in [0, 0.05) is 48.6 Å². The molecule has 1 aromatic carbocycles. The maximum atomic E-state index is 13.7.